The van der Waals surface area contributed by atoms with Gasteiger partial charge in [0.25, 0.3) is 0 Å². The second-order valence-corrected chi connectivity index (χ2v) is 11.4. The number of rotatable bonds is 9. The van der Waals surface area contributed by atoms with Gasteiger partial charge in [0.1, 0.15) is 49.0 Å². The van der Waals surface area contributed by atoms with Gasteiger partial charge < -0.3 is 48.7 Å². The monoisotopic (exact) mass is 595 g/mol. The van der Waals surface area contributed by atoms with Crippen LogP contribution < -0.4 is 10.5 Å². The number of halogens is 1. The Balaban J connectivity index is 0.000000193. The Hall–Kier alpha value is -2.81. The first kappa shape index (κ1) is 32.1. The van der Waals surface area contributed by atoms with Gasteiger partial charge in [0.15, 0.2) is 0 Å². The predicted octanol–water partition coefficient (Wildman–Crippen LogP) is 2.14. The number of alkyl halides is 1. The molecular weight excluding hydrogens is 553 g/mol. The SMILES string of the molecule is CN1CCO[C@@H](COc2ccc3oc(C(=O)O)cc3c2)C1.COC1(OC)COC2C(F)CN(C(=O)C(N)CC(C)C)C21. The number of carbonyl (C=O) groups excluding carboxylic acids is 1. The van der Waals surface area contributed by atoms with Gasteiger partial charge in [0.05, 0.1) is 19.2 Å². The summed E-state index contributed by atoms with van der Waals surface area (Å²) in [6, 6.07) is 5.50. The fourth-order valence-electron chi connectivity index (χ4n) is 5.63. The third kappa shape index (κ3) is 7.04. The first-order valence-electron chi connectivity index (χ1n) is 14.1. The van der Waals surface area contributed by atoms with Gasteiger partial charge in [-0.05, 0) is 43.7 Å². The number of amides is 1. The smallest absolute Gasteiger partial charge is 0.371 e. The minimum Gasteiger partial charge on any atom is -0.491 e. The minimum absolute atomic E-state index is 0.0333. The minimum atomic E-state index is -1.25. The molecule has 0 saturated carbocycles. The van der Waals surface area contributed by atoms with E-state index in [1.54, 1.807) is 18.2 Å². The number of nitrogens with two attached hydrogens (primary N) is 1. The number of hydrogen-bond donors (Lipinski definition) is 2. The lowest BCUT2D eigenvalue weighted by Gasteiger charge is -2.36. The molecule has 1 aromatic carbocycles. The molecule has 234 valence electrons. The van der Waals surface area contributed by atoms with E-state index < -0.39 is 36.1 Å². The van der Waals surface area contributed by atoms with E-state index in [1.807, 2.05) is 13.8 Å². The zero-order chi connectivity index (χ0) is 30.6. The van der Waals surface area contributed by atoms with Crippen molar-refractivity contribution in [1.82, 2.24) is 9.80 Å². The maximum absolute atomic E-state index is 14.2. The zero-order valence-corrected chi connectivity index (χ0v) is 24.8. The Kier molecular flexibility index (Phi) is 10.4. The molecule has 4 unspecified atom stereocenters. The number of ether oxygens (including phenoxy) is 5. The number of likely N-dealkylation sites (N-methyl/N-ethyl adjacent to an activating group) is 1. The molecule has 2 aromatic rings. The Bertz CT molecular complexity index is 1220. The average molecular weight is 596 g/mol. The van der Waals surface area contributed by atoms with Gasteiger partial charge in [-0.1, -0.05) is 13.8 Å². The molecule has 3 saturated heterocycles. The number of hydrogen-bond acceptors (Lipinski definition) is 10. The molecule has 42 heavy (non-hydrogen) atoms. The second-order valence-electron chi connectivity index (χ2n) is 11.4. The summed E-state index contributed by atoms with van der Waals surface area (Å²) in [5.41, 5.74) is 6.50. The number of fused-ring (bicyclic) bond motifs is 2. The molecule has 3 aliphatic heterocycles. The van der Waals surface area contributed by atoms with Gasteiger partial charge in [-0.2, -0.15) is 0 Å². The second kappa shape index (κ2) is 13.7. The predicted molar refractivity (Wildman–Crippen MR) is 150 cm³/mol. The summed E-state index contributed by atoms with van der Waals surface area (Å²) in [4.78, 5) is 27.1. The molecule has 3 N–H and O–H groups in total. The number of carboxylic acids is 1. The molecule has 0 radical (unpaired) electrons. The highest BCUT2D eigenvalue weighted by molar-refractivity contribution is 5.91. The summed E-state index contributed by atoms with van der Waals surface area (Å²) in [6.45, 7) is 7.02. The van der Waals surface area contributed by atoms with Crippen LogP contribution in [0.25, 0.3) is 11.0 Å². The van der Waals surface area contributed by atoms with Crippen molar-refractivity contribution in [2.45, 2.75) is 56.5 Å². The molecule has 5 rings (SSSR count). The fourth-order valence-corrected chi connectivity index (χ4v) is 5.63. The summed E-state index contributed by atoms with van der Waals surface area (Å²) in [7, 11) is 5.00. The van der Waals surface area contributed by atoms with Crippen molar-refractivity contribution >= 4 is 22.8 Å². The van der Waals surface area contributed by atoms with Crippen LogP contribution >= 0.6 is 0 Å². The first-order valence-corrected chi connectivity index (χ1v) is 14.1. The van der Waals surface area contributed by atoms with E-state index >= 15 is 0 Å². The lowest BCUT2D eigenvalue weighted by molar-refractivity contribution is -0.227. The topological polar surface area (TPSA) is 146 Å². The van der Waals surface area contributed by atoms with Crippen molar-refractivity contribution in [2.75, 3.05) is 60.7 Å². The third-order valence-corrected chi connectivity index (χ3v) is 7.80. The summed E-state index contributed by atoms with van der Waals surface area (Å²) in [6.07, 6.45) is -1.37. The van der Waals surface area contributed by atoms with Gasteiger partial charge in [-0.25, -0.2) is 9.18 Å². The van der Waals surface area contributed by atoms with Gasteiger partial charge in [0.2, 0.25) is 17.5 Å². The maximum atomic E-state index is 14.2. The van der Waals surface area contributed by atoms with Crippen molar-refractivity contribution in [1.29, 1.82) is 0 Å². The number of carbonyl (C=O) groups is 2. The summed E-state index contributed by atoms with van der Waals surface area (Å²) in [5.74, 6) is -1.58. The van der Waals surface area contributed by atoms with Crippen LogP contribution in [0, 0.1) is 5.92 Å². The molecular formula is C29H42FN3O9. The third-order valence-electron chi connectivity index (χ3n) is 7.80. The van der Waals surface area contributed by atoms with Crippen LogP contribution in [0.3, 0.4) is 0 Å². The molecule has 1 amide bonds. The summed E-state index contributed by atoms with van der Waals surface area (Å²) in [5, 5.41) is 9.62. The van der Waals surface area contributed by atoms with Gasteiger partial charge in [-0.15, -0.1) is 0 Å². The Labute approximate surface area is 244 Å². The molecule has 5 atom stereocenters. The average Bonchev–Trinajstić information content (AvgIpc) is 3.65. The number of benzene rings is 1. The number of aromatic carboxylic acids is 1. The molecule has 3 fully saturated rings. The van der Waals surface area contributed by atoms with Crippen LogP contribution in [-0.4, -0.2) is 124 Å². The largest absolute Gasteiger partial charge is 0.491 e. The fraction of sp³-hybridized carbons (Fsp3) is 0.655. The van der Waals surface area contributed by atoms with E-state index in [4.69, 9.17) is 38.9 Å². The van der Waals surface area contributed by atoms with Crippen molar-refractivity contribution < 1.29 is 47.2 Å². The van der Waals surface area contributed by atoms with Gasteiger partial charge in [-0.3, -0.25) is 4.79 Å². The molecule has 1 aromatic heterocycles. The Morgan fingerprint density at radius 2 is 1.93 bits per heavy atom. The summed E-state index contributed by atoms with van der Waals surface area (Å²) < 4.78 is 47.0. The standard InChI is InChI=1S/C15H17NO5.C14H25FN2O4/c1-16-4-5-19-12(8-16)9-20-11-2-3-13-10(6-11)7-14(21-13)15(17)18;1-8(2)5-10(16)13(18)17-6-9(15)11-12(17)14(19-3,20-4)7-21-11/h2-3,6-7,12H,4-5,8-9H2,1H3,(H,17,18);8-12H,5-7,16H2,1-4H3/t12-;/m1./s1. The zero-order valence-electron chi connectivity index (χ0n) is 24.8. The van der Waals surface area contributed by atoms with Gasteiger partial charge >= 0.3 is 5.97 Å². The number of carboxylic acid groups (broad SMARTS) is 1. The Morgan fingerprint density at radius 1 is 1.19 bits per heavy atom. The molecule has 0 bridgehead atoms. The molecule has 0 aliphatic carbocycles. The normalized spacial score (nSPS) is 26.1. The van der Waals surface area contributed by atoms with E-state index in [2.05, 4.69) is 11.9 Å². The number of morpholine rings is 1. The highest BCUT2D eigenvalue weighted by Gasteiger charge is 2.62. The van der Waals surface area contributed by atoms with E-state index in [1.165, 1.54) is 25.2 Å². The van der Waals surface area contributed by atoms with Crippen molar-refractivity contribution in [3.05, 3.63) is 30.0 Å². The van der Waals surface area contributed by atoms with Crippen LogP contribution in [0.15, 0.2) is 28.7 Å². The first-order chi connectivity index (χ1) is 20.0. The summed E-state index contributed by atoms with van der Waals surface area (Å²) >= 11 is 0. The van der Waals surface area contributed by atoms with Crippen molar-refractivity contribution in [2.24, 2.45) is 11.7 Å². The van der Waals surface area contributed by atoms with Crippen molar-refractivity contribution in [3.8, 4) is 5.75 Å². The van der Waals surface area contributed by atoms with Crippen LogP contribution in [-0.2, 0) is 23.7 Å². The number of methoxy groups -OCH3 is 2. The number of furan rings is 1. The van der Waals surface area contributed by atoms with E-state index in [9.17, 15) is 14.0 Å². The Morgan fingerprint density at radius 3 is 2.57 bits per heavy atom. The maximum Gasteiger partial charge on any atom is 0.371 e. The van der Waals surface area contributed by atoms with Crippen LogP contribution in [0.4, 0.5) is 4.39 Å². The van der Waals surface area contributed by atoms with E-state index in [0.717, 1.165) is 13.1 Å². The molecule has 4 heterocycles. The van der Waals surface area contributed by atoms with E-state index in [-0.39, 0.29) is 36.8 Å². The van der Waals surface area contributed by atoms with E-state index in [0.29, 0.717) is 36.4 Å². The molecule has 12 nitrogen and oxygen atoms in total. The highest BCUT2D eigenvalue weighted by Crippen LogP contribution is 2.40. The lowest BCUT2D eigenvalue weighted by Crippen LogP contribution is -2.57. The molecule has 0 spiro atoms. The van der Waals surface area contributed by atoms with Crippen LogP contribution in [0.1, 0.15) is 30.8 Å². The lowest BCUT2D eigenvalue weighted by atomic mass is 10.0. The molecule has 3 aliphatic rings. The number of nitrogens with zero attached hydrogens (tertiary/aromatic N) is 2. The number of likely N-dealkylation sites (tertiary alicyclic amines) is 1. The highest BCUT2D eigenvalue weighted by atomic mass is 19.1. The quantitative estimate of drug-likeness (QED) is 0.411. The van der Waals surface area contributed by atoms with Crippen molar-refractivity contribution in [3.63, 3.8) is 0 Å². The van der Waals surface area contributed by atoms with Crippen LogP contribution in [0.2, 0.25) is 0 Å². The van der Waals surface area contributed by atoms with Crippen LogP contribution in [0.5, 0.6) is 5.75 Å². The molecule has 13 heteroatoms. The van der Waals surface area contributed by atoms with Gasteiger partial charge in [0, 0.05) is 32.7 Å².